The maximum Gasteiger partial charge on any atom is 0.307 e. The Morgan fingerprint density at radius 3 is 2.57 bits per heavy atom. The number of rotatable bonds is 6. The van der Waals surface area contributed by atoms with Crippen LogP contribution in [0.3, 0.4) is 0 Å². The summed E-state index contributed by atoms with van der Waals surface area (Å²) in [5.41, 5.74) is 1.76. The molecular weight excluding hydrogens is 270 g/mol. The Kier molecular flexibility index (Phi) is 4.98. The number of carbonyl (C=O) groups is 2. The molecule has 1 aromatic rings. The zero-order valence-electron chi connectivity index (χ0n) is 12.0. The quantitative estimate of drug-likeness (QED) is 0.872. The highest BCUT2D eigenvalue weighted by atomic mass is 16.5. The number of ether oxygens (including phenoxy) is 1. The van der Waals surface area contributed by atoms with Gasteiger partial charge >= 0.3 is 5.97 Å². The number of nitrogens with zero attached hydrogens (tertiary/aromatic N) is 1. The van der Waals surface area contributed by atoms with E-state index in [2.05, 4.69) is 6.08 Å². The molecule has 0 aromatic heterocycles. The zero-order chi connectivity index (χ0) is 15.2. The molecule has 2 rings (SSSR count). The third kappa shape index (κ3) is 4.34. The average Bonchev–Trinajstić information content (AvgIpc) is 2.99. The number of carbonyl (C=O) groups excluding carboxylic acids is 1. The number of likely N-dealkylation sites (N-methyl/N-ethyl adjacent to an activating group) is 1. The first-order valence-electron chi connectivity index (χ1n) is 6.95. The fourth-order valence-electron chi connectivity index (χ4n) is 2.24. The van der Waals surface area contributed by atoms with E-state index in [-0.39, 0.29) is 18.9 Å². The topological polar surface area (TPSA) is 66.8 Å². The lowest BCUT2D eigenvalue weighted by Gasteiger charge is -2.18. The third-order valence-electron chi connectivity index (χ3n) is 3.46. The van der Waals surface area contributed by atoms with Crippen LogP contribution in [0, 0.1) is 0 Å². The van der Waals surface area contributed by atoms with Crippen molar-refractivity contribution < 1.29 is 19.4 Å². The molecule has 5 heteroatoms. The molecule has 0 aliphatic heterocycles. The van der Waals surface area contributed by atoms with E-state index in [1.165, 1.54) is 0 Å². The van der Waals surface area contributed by atoms with Crippen molar-refractivity contribution in [1.29, 1.82) is 0 Å². The monoisotopic (exact) mass is 289 g/mol. The largest absolute Gasteiger partial charge is 0.484 e. The maximum absolute atomic E-state index is 12.0. The molecule has 5 nitrogen and oxygen atoms in total. The highest BCUT2D eigenvalue weighted by molar-refractivity contribution is 5.79. The molecule has 1 N–H and O–H groups in total. The van der Waals surface area contributed by atoms with Crippen LogP contribution in [0.4, 0.5) is 0 Å². The highest BCUT2D eigenvalue weighted by Crippen LogP contribution is 2.20. The summed E-state index contributed by atoms with van der Waals surface area (Å²) < 4.78 is 5.44. The molecule has 0 saturated carbocycles. The van der Waals surface area contributed by atoms with Gasteiger partial charge in [0, 0.05) is 12.7 Å². The Morgan fingerprint density at radius 1 is 1.29 bits per heavy atom. The molecule has 1 aromatic carbocycles. The van der Waals surface area contributed by atoms with Gasteiger partial charge in [-0.2, -0.15) is 0 Å². The molecule has 0 spiro atoms. The Balaban J connectivity index is 1.84. The molecule has 1 amide bonds. The van der Waals surface area contributed by atoms with Gasteiger partial charge in [0.1, 0.15) is 5.75 Å². The van der Waals surface area contributed by atoms with Crippen LogP contribution in [-0.2, 0) is 16.0 Å². The minimum atomic E-state index is -0.870. The second-order valence-electron chi connectivity index (χ2n) is 5.04. The first-order chi connectivity index (χ1) is 10.1. The van der Waals surface area contributed by atoms with Gasteiger partial charge in [-0.15, -0.1) is 0 Å². The number of carboxylic acids is 1. The van der Waals surface area contributed by atoms with Crippen LogP contribution >= 0.6 is 0 Å². The smallest absolute Gasteiger partial charge is 0.307 e. The van der Waals surface area contributed by atoms with Crippen LogP contribution in [0.5, 0.6) is 5.75 Å². The molecule has 21 heavy (non-hydrogen) atoms. The van der Waals surface area contributed by atoms with Gasteiger partial charge in [0.05, 0.1) is 6.42 Å². The summed E-state index contributed by atoms with van der Waals surface area (Å²) in [5.74, 6) is -0.394. The summed E-state index contributed by atoms with van der Waals surface area (Å²) in [4.78, 5) is 24.2. The van der Waals surface area contributed by atoms with Crippen molar-refractivity contribution >= 4 is 11.9 Å². The van der Waals surface area contributed by atoms with Gasteiger partial charge in [-0.25, -0.2) is 0 Å². The van der Waals surface area contributed by atoms with Crippen molar-refractivity contribution in [2.24, 2.45) is 0 Å². The molecule has 1 aliphatic rings. The van der Waals surface area contributed by atoms with Gasteiger partial charge in [-0.3, -0.25) is 9.59 Å². The van der Waals surface area contributed by atoms with Crippen molar-refractivity contribution in [2.75, 3.05) is 13.7 Å². The Morgan fingerprint density at radius 2 is 2.00 bits per heavy atom. The Labute approximate surface area is 123 Å². The molecule has 0 bridgehead atoms. The SMILES string of the molecule is CN(C(=O)COc1ccc(CC(=O)O)cc1)C1=CCCC1. The van der Waals surface area contributed by atoms with Gasteiger partial charge in [0.25, 0.3) is 5.91 Å². The minimum absolute atomic E-state index is 0.0178. The van der Waals surface area contributed by atoms with Gasteiger partial charge in [-0.05, 0) is 37.0 Å². The van der Waals surface area contributed by atoms with E-state index in [0.29, 0.717) is 11.3 Å². The number of allylic oxidation sites excluding steroid dienone is 2. The number of benzene rings is 1. The first kappa shape index (κ1) is 15.1. The van der Waals surface area contributed by atoms with Crippen molar-refractivity contribution in [3.05, 3.63) is 41.6 Å². The number of amides is 1. The standard InChI is InChI=1S/C16H19NO4/c1-17(13-4-2-3-5-13)15(18)11-21-14-8-6-12(7-9-14)10-16(19)20/h4,6-9H,2-3,5,10-11H2,1H3,(H,19,20). The van der Waals surface area contributed by atoms with Crippen LogP contribution in [0.1, 0.15) is 24.8 Å². The van der Waals surface area contributed by atoms with Gasteiger partial charge < -0.3 is 14.7 Å². The molecule has 0 saturated heterocycles. The Bertz CT molecular complexity index is 548. The summed E-state index contributed by atoms with van der Waals surface area (Å²) in [7, 11) is 1.76. The van der Waals surface area contributed by atoms with Gasteiger partial charge in [0.15, 0.2) is 6.61 Å². The summed E-state index contributed by atoms with van der Waals surface area (Å²) in [6, 6.07) is 6.75. The van der Waals surface area contributed by atoms with E-state index >= 15 is 0 Å². The van der Waals surface area contributed by atoms with Crippen molar-refractivity contribution in [1.82, 2.24) is 4.90 Å². The molecular formula is C16H19NO4. The number of hydrogen-bond acceptors (Lipinski definition) is 3. The highest BCUT2D eigenvalue weighted by Gasteiger charge is 2.16. The minimum Gasteiger partial charge on any atom is -0.484 e. The molecule has 0 radical (unpaired) electrons. The fourth-order valence-corrected chi connectivity index (χ4v) is 2.24. The molecule has 0 unspecified atom stereocenters. The summed E-state index contributed by atoms with van der Waals surface area (Å²) in [5, 5.41) is 8.69. The third-order valence-corrected chi connectivity index (χ3v) is 3.46. The van der Waals surface area contributed by atoms with Crippen LogP contribution in [-0.4, -0.2) is 35.5 Å². The van der Waals surface area contributed by atoms with E-state index in [4.69, 9.17) is 9.84 Å². The Hall–Kier alpha value is -2.30. The van der Waals surface area contributed by atoms with Crippen LogP contribution < -0.4 is 4.74 Å². The van der Waals surface area contributed by atoms with E-state index in [1.807, 2.05) is 0 Å². The molecule has 112 valence electrons. The normalized spacial score (nSPS) is 13.7. The number of aliphatic carboxylic acids is 1. The van der Waals surface area contributed by atoms with Crippen molar-refractivity contribution in [3.8, 4) is 5.75 Å². The van der Waals surface area contributed by atoms with Crippen molar-refractivity contribution in [3.63, 3.8) is 0 Å². The number of carboxylic acid groups (broad SMARTS) is 1. The predicted molar refractivity (Wildman–Crippen MR) is 78.0 cm³/mol. The first-order valence-corrected chi connectivity index (χ1v) is 6.95. The molecule has 1 aliphatic carbocycles. The van der Waals surface area contributed by atoms with E-state index in [9.17, 15) is 9.59 Å². The van der Waals surface area contributed by atoms with Crippen LogP contribution in [0.25, 0.3) is 0 Å². The van der Waals surface area contributed by atoms with E-state index in [0.717, 1.165) is 25.0 Å². The fraction of sp³-hybridized carbons (Fsp3) is 0.375. The van der Waals surface area contributed by atoms with Crippen LogP contribution in [0.15, 0.2) is 36.0 Å². The lowest BCUT2D eigenvalue weighted by atomic mass is 10.1. The molecule has 0 fully saturated rings. The summed E-state index contributed by atoms with van der Waals surface area (Å²) in [6.45, 7) is -0.0217. The lowest BCUT2D eigenvalue weighted by molar-refractivity contribution is -0.136. The molecule has 0 atom stereocenters. The van der Waals surface area contributed by atoms with Crippen LogP contribution in [0.2, 0.25) is 0 Å². The summed E-state index contributed by atoms with van der Waals surface area (Å²) in [6.07, 6.45) is 5.12. The zero-order valence-corrected chi connectivity index (χ0v) is 12.0. The predicted octanol–water partition coefficient (Wildman–Crippen LogP) is 2.22. The average molecular weight is 289 g/mol. The van der Waals surface area contributed by atoms with E-state index in [1.54, 1.807) is 36.2 Å². The summed E-state index contributed by atoms with van der Waals surface area (Å²) >= 11 is 0. The van der Waals surface area contributed by atoms with E-state index < -0.39 is 5.97 Å². The maximum atomic E-state index is 12.0. The van der Waals surface area contributed by atoms with Crippen molar-refractivity contribution in [2.45, 2.75) is 25.7 Å². The lowest BCUT2D eigenvalue weighted by Crippen LogP contribution is -2.30. The molecule has 0 heterocycles. The second-order valence-corrected chi connectivity index (χ2v) is 5.04. The van der Waals surface area contributed by atoms with Gasteiger partial charge in [-0.1, -0.05) is 18.2 Å². The number of hydrogen-bond donors (Lipinski definition) is 1. The van der Waals surface area contributed by atoms with Gasteiger partial charge in [0.2, 0.25) is 0 Å². The second kappa shape index (κ2) is 6.92.